The van der Waals surface area contributed by atoms with Gasteiger partial charge < -0.3 is 33.5 Å². The molecular formula is C31H36O9. The summed E-state index contributed by atoms with van der Waals surface area (Å²) in [4.78, 5) is 26.4. The lowest BCUT2D eigenvalue weighted by atomic mass is 9.98. The normalized spacial score (nSPS) is 26.2. The summed E-state index contributed by atoms with van der Waals surface area (Å²) in [5.74, 6) is -2.21. The van der Waals surface area contributed by atoms with Gasteiger partial charge in [-0.25, -0.2) is 9.59 Å². The van der Waals surface area contributed by atoms with Crippen LogP contribution in [0.5, 0.6) is 11.5 Å². The Morgan fingerprint density at radius 3 is 2.58 bits per heavy atom. The van der Waals surface area contributed by atoms with Crippen LogP contribution in [0.2, 0.25) is 0 Å². The van der Waals surface area contributed by atoms with E-state index in [0.717, 1.165) is 0 Å². The third-order valence-electron chi connectivity index (χ3n) is 6.76. The molecule has 9 heteroatoms. The molecule has 0 amide bonds. The molecular weight excluding hydrogens is 516 g/mol. The number of esters is 2. The van der Waals surface area contributed by atoms with Crippen molar-refractivity contribution in [1.82, 2.24) is 0 Å². The molecule has 2 aliphatic heterocycles. The van der Waals surface area contributed by atoms with Gasteiger partial charge in [-0.15, -0.1) is 0 Å². The summed E-state index contributed by atoms with van der Waals surface area (Å²) in [6.07, 6.45) is 5.08. The standard InChI is InChI=1S/C31H36O9/c1-19-14-15-24(38-29(33)21-10-7-6-8-11-21)28-25(39-31(3,4)40-28)13-9-12-22-16-23(32)17-26(36-18-35-5)27(22)30(34)37-20(19)2/h6-12,14-17,19-20,24-25,28,32H,13,18H2,1-5H3/t19?,20-,24?,25-,28+/m0/s1. The fraction of sp³-hybridized carbons (Fsp3) is 0.419. The first kappa shape index (κ1) is 29.3. The van der Waals surface area contributed by atoms with Crippen LogP contribution in [0.25, 0.3) is 6.08 Å². The van der Waals surface area contributed by atoms with E-state index in [4.69, 9.17) is 28.4 Å². The van der Waals surface area contributed by atoms with Crippen LogP contribution in [0, 0.1) is 5.92 Å². The van der Waals surface area contributed by atoms with E-state index in [2.05, 4.69) is 0 Å². The molecule has 0 aliphatic carbocycles. The maximum Gasteiger partial charge on any atom is 0.342 e. The minimum atomic E-state index is -0.919. The Balaban J connectivity index is 1.73. The van der Waals surface area contributed by atoms with Crippen LogP contribution in [0.15, 0.2) is 60.7 Å². The molecule has 5 atom stereocenters. The number of cyclic esters (lactones) is 1. The summed E-state index contributed by atoms with van der Waals surface area (Å²) in [5, 5.41) is 10.3. The number of phenols is 1. The van der Waals surface area contributed by atoms with Gasteiger partial charge in [-0.1, -0.05) is 43.4 Å². The predicted octanol–water partition coefficient (Wildman–Crippen LogP) is 5.28. The molecule has 0 bridgehead atoms. The van der Waals surface area contributed by atoms with Gasteiger partial charge >= 0.3 is 11.9 Å². The third kappa shape index (κ3) is 7.10. The van der Waals surface area contributed by atoms with Gasteiger partial charge in [0.25, 0.3) is 0 Å². The molecule has 40 heavy (non-hydrogen) atoms. The molecule has 2 aliphatic rings. The number of phenolic OH excluding ortho intramolecular Hbond substituents is 1. The highest BCUT2D eigenvalue weighted by Crippen LogP contribution is 2.35. The monoisotopic (exact) mass is 552 g/mol. The Morgan fingerprint density at radius 1 is 1.10 bits per heavy atom. The van der Waals surface area contributed by atoms with Crippen LogP contribution in [-0.2, 0) is 23.7 Å². The van der Waals surface area contributed by atoms with Crippen LogP contribution in [0.3, 0.4) is 0 Å². The number of carbonyl (C=O) groups is 2. The zero-order valence-corrected chi connectivity index (χ0v) is 23.4. The lowest BCUT2D eigenvalue weighted by Crippen LogP contribution is -2.37. The molecule has 0 saturated carbocycles. The first-order chi connectivity index (χ1) is 19.1. The summed E-state index contributed by atoms with van der Waals surface area (Å²) in [6, 6.07) is 11.6. The van der Waals surface area contributed by atoms with E-state index in [-0.39, 0.29) is 29.8 Å². The number of methoxy groups -OCH3 is 1. The van der Waals surface area contributed by atoms with Crippen LogP contribution in [0.1, 0.15) is 60.4 Å². The van der Waals surface area contributed by atoms with Gasteiger partial charge in [0.05, 0.1) is 11.7 Å². The molecule has 2 aromatic rings. The molecule has 1 N–H and O–H groups in total. The minimum Gasteiger partial charge on any atom is -0.508 e. The molecule has 2 heterocycles. The fourth-order valence-electron chi connectivity index (χ4n) is 4.62. The lowest BCUT2D eigenvalue weighted by Gasteiger charge is -2.25. The van der Waals surface area contributed by atoms with Crippen molar-refractivity contribution in [2.75, 3.05) is 13.9 Å². The number of hydrogen-bond donors (Lipinski definition) is 1. The number of fused-ring (bicyclic) bond motifs is 2. The number of rotatable bonds is 5. The summed E-state index contributed by atoms with van der Waals surface area (Å²) >= 11 is 0. The second-order valence-corrected chi connectivity index (χ2v) is 10.3. The van der Waals surface area contributed by atoms with E-state index in [9.17, 15) is 14.7 Å². The predicted molar refractivity (Wildman–Crippen MR) is 147 cm³/mol. The average Bonchev–Trinajstić information content (AvgIpc) is 3.22. The van der Waals surface area contributed by atoms with Crippen molar-refractivity contribution in [3.8, 4) is 11.5 Å². The van der Waals surface area contributed by atoms with Crippen LogP contribution >= 0.6 is 0 Å². The average molecular weight is 553 g/mol. The van der Waals surface area contributed by atoms with Crippen molar-refractivity contribution >= 4 is 18.0 Å². The smallest absolute Gasteiger partial charge is 0.342 e. The van der Waals surface area contributed by atoms with E-state index in [1.807, 2.05) is 39.0 Å². The summed E-state index contributed by atoms with van der Waals surface area (Å²) in [6.45, 7) is 7.16. The van der Waals surface area contributed by atoms with Crippen LogP contribution in [-0.4, -0.2) is 61.2 Å². The van der Waals surface area contributed by atoms with Crippen molar-refractivity contribution in [2.24, 2.45) is 5.92 Å². The summed E-state index contributed by atoms with van der Waals surface area (Å²) in [7, 11) is 1.46. The number of benzene rings is 2. The lowest BCUT2D eigenvalue weighted by molar-refractivity contribution is -0.152. The fourth-order valence-corrected chi connectivity index (χ4v) is 4.62. The Hall–Kier alpha value is -3.66. The van der Waals surface area contributed by atoms with E-state index in [1.165, 1.54) is 19.2 Å². The Kier molecular flexibility index (Phi) is 9.29. The molecule has 1 saturated heterocycles. The highest BCUT2D eigenvalue weighted by Gasteiger charge is 2.45. The maximum absolute atomic E-state index is 13.4. The van der Waals surface area contributed by atoms with Crippen molar-refractivity contribution < 1.29 is 43.1 Å². The van der Waals surface area contributed by atoms with Crippen molar-refractivity contribution in [2.45, 2.75) is 64.3 Å². The van der Waals surface area contributed by atoms with Crippen molar-refractivity contribution in [1.29, 1.82) is 0 Å². The Morgan fingerprint density at radius 2 is 1.85 bits per heavy atom. The minimum absolute atomic E-state index is 0.0832. The molecule has 0 radical (unpaired) electrons. The van der Waals surface area contributed by atoms with Gasteiger partial charge in [0.1, 0.15) is 35.4 Å². The van der Waals surface area contributed by atoms with Gasteiger partial charge in [-0.3, -0.25) is 0 Å². The molecule has 214 valence electrons. The second-order valence-electron chi connectivity index (χ2n) is 10.3. The van der Waals surface area contributed by atoms with Gasteiger partial charge in [0.2, 0.25) is 0 Å². The molecule has 2 aromatic carbocycles. The first-order valence-corrected chi connectivity index (χ1v) is 13.2. The molecule has 0 aromatic heterocycles. The van der Waals surface area contributed by atoms with E-state index in [0.29, 0.717) is 17.5 Å². The zero-order valence-electron chi connectivity index (χ0n) is 23.4. The third-order valence-corrected chi connectivity index (χ3v) is 6.76. The topological polar surface area (TPSA) is 110 Å². The van der Waals surface area contributed by atoms with Gasteiger partial charge in [-0.2, -0.15) is 0 Å². The van der Waals surface area contributed by atoms with E-state index >= 15 is 0 Å². The summed E-state index contributed by atoms with van der Waals surface area (Å²) in [5.41, 5.74) is 0.995. The van der Waals surface area contributed by atoms with E-state index in [1.54, 1.807) is 43.3 Å². The van der Waals surface area contributed by atoms with Gasteiger partial charge in [-0.05, 0) is 57.0 Å². The molecule has 9 nitrogen and oxygen atoms in total. The molecule has 4 rings (SSSR count). The second kappa shape index (κ2) is 12.7. The van der Waals surface area contributed by atoms with Gasteiger partial charge in [0, 0.05) is 19.1 Å². The maximum atomic E-state index is 13.4. The van der Waals surface area contributed by atoms with Crippen LogP contribution < -0.4 is 4.74 Å². The van der Waals surface area contributed by atoms with Gasteiger partial charge in [0.15, 0.2) is 12.6 Å². The highest BCUT2D eigenvalue weighted by atomic mass is 16.8. The number of aromatic hydroxyl groups is 1. The van der Waals surface area contributed by atoms with Crippen molar-refractivity contribution in [3.63, 3.8) is 0 Å². The van der Waals surface area contributed by atoms with Crippen LogP contribution in [0.4, 0.5) is 0 Å². The SMILES string of the molecule is COCOc1cc(O)cc2c1C(=O)O[C@@H](C)C(C)C=CC(OC(=O)c1ccccc1)[C@H]1OC(C)(C)O[C@H]1CC=C2. The van der Waals surface area contributed by atoms with E-state index < -0.39 is 42.1 Å². The largest absolute Gasteiger partial charge is 0.508 e. The number of ether oxygens (including phenoxy) is 6. The zero-order chi connectivity index (χ0) is 28.9. The number of hydrogen-bond acceptors (Lipinski definition) is 9. The Labute approximate surface area is 234 Å². The molecule has 1 fully saturated rings. The first-order valence-electron chi connectivity index (χ1n) is 13.2. The quantitative estimate of drug-likeness (QED) is 0.301. The molecule has 0 spiro atoms. The highest BCUT2D eigenvalue weighted by molar-refractivity contribution is 5.97. The summed E-state index contributed by atoms with van der Waals surface area (Å²) < 4.78 is 34.8. The molecule has 2 unspecified atom stereocenters. The van der Waals surface area contributed by atoms with Crippen molar-refractivity contribution in [3.05, 3.63) is 77.4 Å². The number of carbonyl (C=O) groups excluding carboxylic acids is 2. The Bertz CT molecular complexity index is 1250.